The van der Waals surface area contributed by atoms with Crippen molar-refractivity contribution < 1.29 is 4.74 Å². The Bertz CT molecular complexity index is 136. The van der Waals surface area contributed by atoms with E-state index in [-0.39, 0.29) is 5.54 Å². The third-order valence-corrected chi connectivity index (χ3v) is 3.22. The Balaban J connectivity index is 1.94. The van der Waals surface area contributed by atoms with Gasteiger partial charge in [-0.2, -0.15) is 0 Å². The Kier molecular flexibility index (Phi) is 1.90. The Morgan fingerprint density at radius 2 is 2.09 bits per heavy atom. The highest BCUT2D eigenvalue weighted by Gasteiger charge is 2.39. The van der Waals surface area contributed by atoms with Gasteiger partial charge in [0.25, 0.3) is 0 Å². The highest BCUT2D eigenvalue weighted by atomic mass is 16.5. The fourth-order valence-corrected chi connectivity index (χ4v) is 2.14. The minimum Gasteiger partial charge on any atom is -0.380 e. The molecule has 0 amide bonds. The van der Waals surface area contributed by atoms with Crippen LogP contribution in [0.5, 0.6) is 0 Å². The first-order valence-corrected chi connectivity index (χ1v) is 4.68. The summed E-state index contributed by atoms with van der Waals surface area (Å²) in [5, 5.41) is 0. The molecule has 0 radical (unpaired) electrons. The van der Waals surface area contributed by atoms with Gasteiger partial charge in [-0.1, -0.05) is 6.42 Å². The SMILES string of the molecule is NC1(C2CCC2)CCCOC1. The highest BCUT2D eigenvalue weighted by Crippen LogP contribution is 2.38. The van der Waals surface area contributed by atoms with Gasteiger partial charge in [-0.05, 0) is 31.6 Å². The molecule has 2 nitrogen and oxygen atoms in total. The van der Waals surface area contributed by atoms with Crippen LogP contribution in [0.4, 0.5) is 0 Å². The number of rotatable bonds is 1. The molecule has 1 saturated carbocycles. The van der Waals surface area contributed by atoms with Crippen LogP contribution in [-0.4, -0.2) is 18.8 Å². The van der Waals surface area contributed by atoms with E-state index in [0.717, 1.165) is 25.6 Å². The summed E-state index contributed by atoms with van der Waals surface area (Å²) in [7, 11) is 0. The van der Waals surface area contributed by atoms with E-state index in [4.69, 9.17) is 10.5 Å². The lowest BCUT2D eigenvalue weighted by Gasteiger charge is -2.44. The zero-order valence-corrected chi connectivity index (χ0v) is 7.01. The van der Waals surface area contributed by atoms with Gasteiger partial charge in [0.05, 0.1) is 6.61 Å². The Morgan fingerprint density at radius 1 is 1.27 bits per heavy atom. The highest BCUT2D eigenvalue weighted by molar-refractivity contribution is 4.96. The first kappa shape index (κ1) is 7.56. The molecule has 0 aromatic rings. The van der Waals surface area contributed by atoms with E-state index in [1.54, 1.807) is 0 Å². The van der Waals surface area contributed by atoms with E-state index in [0.29, 0.717) is 0 Å². The molecule has 2 N–H and O–H groups in total. The number of nitrogens with two attached hydrogens (primary N) is 1. The molecule has 2 rings (SSSR count). The van der Waals surface area contributed by atoms with Gasteiger partial charge in [-0.25, -0.2) is 0 Å². The fourth-order valence-electron chi connectivity index (χ4n) is 2.14. The van der Waals surface area contributed by atoms with Crippen molar-refractivity contribution in [2.45, 2.75) is 37.6 Å². The standard InChI is InChI=1S/C9H17NO/c10-9(8-3-1-4-8)5-2-6-11-7-9/h8H,1-7,10H2. The molecule has 1 unspecified atom stereocenters. The van der Waals surface area contributed by atoms with E-state index >= 15 is 0 Å². The van der Waals surface area contributed by atoms with E-state index in [1.165, 1.54) is 25.7 Å². The van der Waals surface area contributed by atoms with Crippen LogP contribution in [0, 0.1) is 5.92 Å². The van der Waals surface area contributed by atoms with Gasteiger partial charge in [0, 0.05) is 12.1 Å². The molecule has 64 valence electrons. The van der Waals surface area contributed by atoms with Crippen molar-refractivity contribution in [3.8, 4) is 0 Å². The molecule has 0 bridgehead atoms. The summed E-state index contributed by atoms with van der Waals surface area (Å²) in [5.74, 6) is 0.766. The van der Waals surface area contributed by atoms with E-state index in [1.807, 2.05) is 0 Å². The van der Waals surface area contributed by atoms with Crippen molar-refractivity contribution in [2.24, 2.45) is 11.7 Å². The van der Waals surface area contributed by atoms with Crippen molar-refractivity contribution in [1.29, 1.82) is 0 Å². The lowest BCUT2D eigenvalue weighted by atomic mass is 9.69. The first-order chi connectivity index (χ1) is 5.31. The largest absolute Gasteiger partial charge is 0.380 e. The maximum absolute atomic E-state index is 6.24. The smallest absolute Gasteiger partial charge is 0.0648 e. The molecule has 1 aliphatic heterocycles. The van der Waals surface area contributed by atoms with Crippen LogP contribution in [0.15, 0.2) is 0 Å². The monoisotopic (exact) mass is 155 g/mol. The third-order valence-electron chi connectivity index (χ3n) is 3.22. The van der Waals surface area contributed by atoms with Gasteiger partial charge >= 0.3 is 0 Å². The number of hydrogen-bond acceptors (Lipinski definition) is 2. The van der Waals surface area contributed by atoms with Crippen LogP contribution in [0.1, 0.15) is 32.1 Å². The van der Waals surface area contributed by atoms with E-state index in [9.17, 15) is 0 Å². The topological polar surface area (TPSA) is 35.2 Å². The third kappa shape index (κ3) is 1.30. The second kappa shape index (κ2) is 2.76. The molecule has 2 fully saturated rings. The average molecular weight is 155 g/mol. The summed E-state index contributed by atoms with van der Waals surface area (Å²) in [6, 6.07) is 0. The lowest BCUT2D eigenvalue weighted by Crippen LogP contribution is -2.55. The molecular weight excluding hydrogens is 138 g/mol. The zero-order chi connectivity index (χ0) is 7.73. The Labute approximate surface area is 68.1 Å². The minimum atomic E-state index is 0.0521. The molecule has 1 aliphatic carbocycles. The van der Waals surface area contributed by atoms with Crippen molar-refractivity contribution >= 4 is 0 Å². The molecule has 0 aromatic carbocycles. The maximum atomic E-state index is 6.24. The van der Waals surface area contributed by atoms with Gasteiger partial charge < -0.3 is 10.5 Å². The van der Waals surface area contributed by atoms with Gasteiger partial charge in [0.2, 0.25) is 0 Å². The Hall–Kier alpha value is -0.0800. The van der Waals surface area contributed by atoms with Crippen molar-refractivity contribution in [2.75, 3.05) is 13.2 Å². The van der Waals surface area contributed by atoms with Crippen LogP contribution >= 0.6 is 0 Å². The summed E-state index contributed by atoms with van der Waals surface area (Å²) in [6.07, 6.45) is 6.38. The fraction of sp³-hybridized carbons (Fsp3) is 1.00. The minimum absolute atomic E-state index is 0.0521. The molecule has 0 aromatic heterocycles. The quantitative estimate of drug-likeness (QED) is 0.619. The van der Waals surface area contributed by atoms with Crippen LogP contribution in [0.25, 0.3) is 0 Å². The van der Waals surface area contributed by atoms with Crippen molar-refractivity contribution in [3.63, 3.8) is 0 Å². The summed E-state index contributed by atoms with van der Waals surface area (Å²) >= 11 is 0. The number of hydrogen-bond donors (Lipinski definition) is 1. The summed E-state index contributed by atoms with van der Waals surface area (Å²) in [5.41, 5.74) is 6.29. The predicted octanol–water partition coefficient (Wildman–Crippen LogP) is 1.29. The van der Waals surface area contributed by atoms with Gasteiger partial charge in [-0.3, -0.25) is 0 Å². The van der Waals surface area contributed by atoms with Gasteiger partial charge in [0.15, 0.2) is 0 Å². The maximum Gasteiger partial charge on any atom is 0.0648 e. The van der Waals surface area contributed by atoms with E-state index < -0.39 is 0 Å². The van der Waals surface area contributed by atoms with Crippen molar-refractivity contribution in [3.05, 3.63) is 0 Å². The van der Waals surface area contributed by atoms with Gasteiger partial charge in [-0.15, -0.1) is 0 Å². The van der Waals surface area contributed by atoms with Crippen molar-refractivity contribution in [1.82, 2.24) is 0 Å². The Morgan fingerprint density at radius 3 is 2.55 bits per heavy atom. The summed E-state index contributed by atoms with van der Waals surface area (Å²) in [6.45, 7) is 1.73. The first-order valence-electron chi connectivity index (χ1n) is 4.68. The molecule has 1 saturated heterocycles. The van der Waals surface area contributed by atoms with E-state index in [2.05, 4.69) is 0 Å². The zero-order valence-electron chi connectivity index (χ0n) is 7.01. The predicted molar refractivity (Wildman–Crippen MR) is 44.3 cm³/mol. The summed E-state index contributed by atoms with van der Waals surface area (Å²) in [4.78, 5) is 0. The molecular formula is C9H17NO. The lowest BCUT2D eigenvalue weighted by molar-refractivity contribution is -0.00843. The van der Waals surface area contributed by atoms with Crippen LogP contribution < -0.4 is 5.73 Å². The molecule has 1 heterocycles. The molecule has 2 aliphatic rings. The van der Waals surface area contributed by atoms with Crippen LogP contribution in [0.2, 0.25) is 0 Å². The molecule has 2 heteroatoms. The molecule has 11 heavy (non-hydrogen) atoms. The van der Waals surface area contributed by atoms with Crippen LogP contribution in [-0.2, 0) is 4.74 Å². The normalized spacial score (nSPS) is 40.1. The van der Waals surface area contributed by atoms with Crippen LogP contribution in [0.3, 0.4) is 0 Å². The second-order valence-electron chi connectivity index (χ2n) is 4.02. The molecule has 0 spiro atoms. The average Bonchev–Trinajstić information content (AvgIpc) is 1.83. The second-order valence-corrected chi connectivity index (χ2v) is 4.02. The van der Waals surface area contributed by atoms with Gasteiger partial charge in [0.1, 0.15) is 0 Å². The molecule has 1 atom stereocenters. The summed E-state index contributed by atoms with van der Waals surface area (Å²) < 4.78 is 5.42. The number of ether oxygens (including phenoxy) is 1.